The number of carbonyl (C=O) groups is 1. The third-order valence-corrected chi connectivity index (χ3v) is 4.33. The number of nitrogens with zero attached hydrogens (tertiary/aromatic N) is 2. The lowest BCUT2D eigenvalue weighted by Gasteiger charge is -2.24. The van der Waals surface area contributed by atoms with Gasteiger partial charge in [-0.3, -0.25) is 14.9 Å². The van der Waals surface area contributed by atoms with Gasteiger partial charge in [-0.05, 0) is 37.1 Å². The van der Waals surface area contributed by atoms with Crippen molar-refractivity contribution in [2.45, 2.75) is 19.4 Å². The summed E-state index contributed by atoms with van der Waals surface area (Å²) in [6, 6.07) is 12.3. The number of nitrogens with one attached hydrogen (secondary N) is 1. The summed E-state index contributed by atoms with van der Waals surface area (Å²) < 4.78 is 0. The quantitative estimate of drug-likeness (QED) is 0.678. The molecule has 0 saturated carbocycles. The zero-order valence-corrected chi connectivity index (χ0v) is 13.8. The normalized spacial score (nSPS) is 15.9. The summed E-state index contributed by atoms with van der Waals surface area (Å²) in [5, 5.41) is 14.0. The summed E-state index contributed by atoms with van der Waals surface area (Å²) in [5.41, 5.74) is 2.17. The first-order chi connectivity index (χ1) is 11.5. The summed E-state index contributed by atoms with van der Waals surface area (Å²) in [7, 11) is 0. The van der Waals surface area contributed by atoms with Crippen LogP contribution in [0.5, 0.6) is 0 Å². The van der Waals surface area contributed by atoms with Gasteiger partial charge in [-0.1, -0.05) is 29.8 Å². The lowest BCUT2D eigenvalue weighted by atomic mass is 10.1. The largest absolute Gasteiger partial charge is 0.359 e. The van der Waals surface area contributed by atoms with E-state index in [-0.39, 0.29) is 34.9 Å². The van der Waals surface area contributed by atoms with Crippen molar-refractivity contribution >= 4 is 34.6 Å². The Bertz CT molecular complexity index is 809. The second-order valence-corrected chi connectivity index (χ2v) is 6.21. The molecule has 3 rings (SSSR count). The predicted molar refractivity (Wildman–Crippen MR) is 93.7 cm³/mol. The van der Waals surface area contributed by atoms with Crippen LogP contribution in [0.3, 0.4) is 0 Å². The Balaban J connectivity index is 1.76. The van der Waals surface area contributed by atoms with Crippen molar-refractivity contribution in [1.29, 1.82) is 0 Å². The van der Waals surface area contributed by atoms with E-state index >= 15 is 0 Å². The van der Waals surface area contributed by atoms with Crippen LogP contribution in [0.25, 0.3) is 0 Å². The molecule has 1 aliphatic heterocycles. The van der Waals surface area contributed by atoms with Crippen LogP contribution in [0.15, 0.2) is 42.5 Å². The van der Waals surface area contributed by atoms with E-state index in [1.165, 1.54) is 23.8 Å². The second kappa shape index (κ2) is 6.49. The Labute approximate surface area is 144 Å². The Morgan fingerprint density at radius 1 is 1.38 bits per heavy atom. The highest BCUT2D eigenvalue weighted by Gasteiger charge is 2.27. The number of nitro groups is 1. The number of anilines is 2. The fourth-order valence-electron chi connectivity index (χ4n) is 2.98. The fraction of sp³-hybridized carbons (Fsp3) is 0.235. The topological polar surface area (TPSA) is 75.5 Å². The number of para-hydroxylation sites is 1. The minimum atomic E-state index is -0.560. The molecule has 1 N–H and O–H groups in total. The molecule has 7 heteroatoms. The molecule has 0 saturated heterocycles. The van der Waals surface area contributed by atoms with Crippen molar-refractivity contribution in [2.24, 2.45) is 0 Å². The van der Waals surface area contributed by atoms with Gasteiger partial charge in [0, 0.05) is 22.8 Å². The highest BCUT2D eigenvalue weighted by Crippen LogP contribution is 2.32. The van der Waals surface area contributed by atoms with Crippen LogP contribution in [-0.4, -0.2) is 23.4 Å². The van der Waals surface area contributed by atoms with Crippen molar-refractivity contribution in [3.8, 4) is 0 Å². The highest BCUT2D eigenvalue weighted by molar-refractivity contribution is 6.31. The molecule has 0 spiro atoms. The molecule has 0 fully saturated rings. The van der Waals surface area contributed by atoms with E-state index in [4.69, 9.17) is 11.6 Å². The number of halogens is 1. The van der Waals surface area contributed by atoms with Gasteiger partial charge in [0.15, 0.2) is 0 Å². The molecule has 0 aliphatic carbocycles. The summed E-state index contributed by atoms with van der Waals surface area (Å²) in [6.45, 7) is 2.19. The lowest BCUT2D eigenvalue weighted by Crippen LogP contribution is -2.37. The van der Waals surface area contributed by atoms with Crippen LogP contribution in [0.4, 0.5) is 17.1 Å². The number of carbonyl (C=O) groups excluding carboxylic acids is 1. The maximum atomic E-state index is 12.4. The summed E-state index contributed by atoms with van der Waals surface area (Å²) in [5.74, 6) is -0.302. The molecule has 2 aromatic rings. The zero-order chi connectivity index (χ0) is 17.3. The average molecular weight is 346 g/mol. The highest BCUT2D eigenvalue weighted by atomic mass is 35.5. The molecular formula is C17H16ClN3O3. The minimum absolute atomic E-state index is 0.137. The van der Waals surface area contributed by atoms with E-state index in [0.29, 0.717) is 0 Å². The Morgan fingerprint density at radius 2 is 2.12 bits per heavy atom. The van der Waals surface area contributed by atoms with Crippen molar-refractivity contribution in [2.75, 3.05) is 16.8 Å². The maximum absolute atomic E-state index is 12.4. The van der Waals surface area contributed by atoms with Crippen molar-refractivity contribution in [3.05, 3.63) is 63.2 Å². The molecule has 2 aromatic carbocycles. The number of benzene rings is 2. The summed E-state index contributed by atoms with van der Waals surface area (Å²) >= 11 is 5.78. The van der Waals surface area contributed by atoms with Gasteiger partial charge < -0.3 is 10.2 Å². The number of hydrogen-bond donors (Lipinski definition) is 1. The molecule has 6 nitrogen and oxygen atoms in total. The fourth-order valence-corrected chi connectivity index (χ4v) is 3.14. The molecule has 1 atom stereocenters. The smallest absolute Gasteiger partial charge is 0.294 e. The van der Waals surface area contributed by atoms with Crippen LogP contribution in [0, 0.1) is 10.1 Å². The maximum Gasteiger partial charge on any atom is 0.294 e. The van der Waals surface area contributed by atoms with E-state index in [2.05, 4.69) is 12.2 Å². The van der Waals surface area contributed by atoms with E-state index in [1.807, 2.05) is 29.2 Å². The predicted octanol–water partition coefficient (Wildman–Crippen LogP) is 3.64. The van der Waals surface area contributed by atoms with E-state index in [9.17, 15) is 14.9 Å². The SMILES string of the molecule is CC1Cc2ccccc2N1CC(=O)Nc1ccc(Cl)cc1[N+](=O)[O-]. The standard InChI is InChI=1S/C17H16ClN3O3/c1-11-8-12-4-2-3-5-15(12)20(11)10-17(22)19-14-7-6-13(18)9-16(14)21(23)24/h2-7,9,11H,8,10H2,1H3,(H,19,22). The van der Waals surface area contributed by atoms with Gasteiger partial charge >= 0.3 is 0 Å². The molecular weight excluding hydrogens is 330 g/mol. The molecule has 1 aliphatic rings. The second-order valence-electron chi connectivity index (χ2n) is 5.78. The van der Waals surface area contributed by atoms with Crippen LogP contribution >= 0.6 is 11.6 Å². The molecule has 1 heterocycles. The van der Waals surface area contributed by atoms with E-state index in [0.717, 1.165) is 12.1 Å². The van der Waals surface area contributed by atoms with Crippen LogP contribution in [0.2, 0.25) is 5.02 Å². The first-order valence-corrected chi connectivity index (χ1v) is 7.92. The number of fused-ring (bicyclic) bond motifs is 1. The molecule has 24 heavy (non-hydrogen) atoms. The van der Waals surface area contributed by atoms with Crippen LogP contribution in [-0.2, 0) is 11.2 Å². The molecule has 124 valence electrons. The van der Waals surface area contributed by atoms with Gasteiger partial charge in [0.2, 0.25) is 5.91 Å². The van der Waals surface area contributed by atoms with Crippen molar-refractivity contribution < 1.29 is 9.72 Å². The van der Waals surface area contributed by atoms with Gasteiger partial charge in [-0.2, -0.15) is 0 Å². The zero-order valence-electron chi connectivity index (χ0n) is 13.0. The minimum Gasteiger partial charge on any atom is -0.359 e. The monoisotopic (exact) mass is 345 g/mol. The summed E-state index contributed by atoms with van der Waals surface area (Å²) in [4.78, 5) is 24.9. The molecule has 0 aromatic heterocycles. The number of amides is 1. The van der Waals surface area contributed by atoms with Gasteiger partial charge in [0.25, 0.3) is 5.69 Å². The Hall–Kier alpha value is -2.60. The third kappa shape index (κ3) is 3.19. The van der Waals surface area contributed by atoms with Gasteiger partial charge in [-0.15, -0.1) is 0 Å². The van der Waals surface area contributed by atoms with E-state index < -0.39 is 4.92 Å². The first-order valence-electron chi connectivity index (χ1n) is 7.54. The van der Waals surface area contributed by atoms with Gasteiger partial charge in [0.05, 0.1) is 11.5 Å². The lowest BCUT2D eigenvalue weighted by molar-refractivity contribution is -0.383. The number of nitro benzene ring substituents is 1. The molecule has 1 amide bonds. The van der Waals surface area contributed by atoms with Crippen molar-refractivity contribution in [1.82, 2.24) is 0 Å². The van der Waals surface area contributed by atoms with Gasteiger partial charge in [-0.25, -0.2) is 0 Å². The van der Waals surface area contributed by atoms with Crippen molar-refractivity contribution in [3.63, 3.8) is 0 Å². The molecule has 0 radical (unpaired) electrons. The van der Waals surface area contributed by atoms with Gasteiger partial charge in [0.1, 0.15) is 5.69 Å². The van der Waals surface area contributed by atoms with Crippen LogP contribution < -0.4 is 10.2 Å². The first kappa shape index (κ1) is 16.3. The number of rotatable bonds is 4. The Morgan fingerprint density at radius 3 is 2.88 bits per heavy atom. The third-order valence-electron chi connectivity index (χ3n) is 4.09. The van der Waals surface area contributed by atoms with Crippen LogP contribution in [0.1, 0.15) is 12.5 Å². The Kier molecular flexibility index (Phi) is 4.40. The van der Waals surface area contributed by atoms with E-state index in [1.54, 1.807) is 0 Å². The molecule has 1 unspecified atom stereocenters. The summed E-state index contributed by atoms with van der Waals surface area (Å²) in [6.07, 6.45) is 0.880. The average Bonchev–Trinajstić information content (AvgIpc) is 2.85. The number of hydrogen-bond acceptors (Lipinski definition) is 4. The molecule has 0 bridgehead atoms.